The average molecular weight is 344 g/mol. The molecule has 110 valence electrons. The minimum absolute atomic E-state index is 0.0723. The van der Waals surface area contributed by atoms with Crippen molar-refractivity contribution in [1.29, 1.82) is 0 Å². The second-order valence-corrected chi connectivity index (χ2v) is 6.58. The fourth-order valence-corrected chi connectivity index (χ4v) is 3.21. The molecule has 1 heterocycles. The molecule has 0 saturated heterocycles. The van der Waals surface area contributed by atoms with Crippen LogP contribution in [0.1, 0.15) is 24.6 Å². The van der Waals surface area contributed by atoms with Gasteiger partial charge in [-0.05, 0) is 31.0 Å². The van der Waals surface area contributed by atoms with Gasteiger partial charge in [0.15, 0.2) is 5.16 Å². The number of carbonyl (C=O) groups is 1. The number of thioether (sulfide) groups is 1. The first-order valence-corrected chi connectivity index (χ1v) is 8.05. The monoisotopic (exact) mass is 343 g/mol. The Balaban J connectivity index is 2.04. The van der Waals surface area contributed by atoms with Crippen LogP contribution >= 0.6 is 35.0 Å². The Morgan fingerprint density at radius 2 is 1.95 bits per heavy atom. The first kappa shape index (κ1) is 14.7. The molecule has 1 aromatic carbocycles. The van der Waals surface area contributed by atoms with Gasteiger partial charge in [-0.2, -0.15) is 0 Å². The molecule has 1 aliphatic rings. The molecule has 1 N–H and O–H groups in total. The van der Waals surface area contributed by atoms with E-state index in [9.17, 15) is 4.79 Å². The van der Waals surface area contributed by atoms with Crippen LogP contribution in [0.25, 0.3) is 5.69 Å². The van der Waals surface area contributed by atoms with Gasteiger partial charge in [-0.3, -0.25) is 9.36 Å². The molecule has 1 aliphatic carbocycles. The van der Waals surface area contributed by atoms with Crippen LogP contribution < -0.4 is 0 Å². The lowest BCUT2D eigenvalue weighted by atomic mass is 10.3. The summed E-state index contributed by atoms with van der Waals surface area (Å²) in [5.41, 5.74) is 0.757. The van der Waals surface area contributed by atoms with Gasteiger partial charge in [0.25, 0.3) is 0 Å². The molecule has 0 spiro atoms. The number of carboxylic acid groups (broad SMARTS) is 1. The van der Waals surface area contributed by atoms with E-state index in [0.717, 1.165) is 36.1 Å². The number of aliphatic carboxylic acids is 1. The topological polar surface area (TPSA) is 68.0 Å². The van der Waals surface area contributed by atoms with Crippen LogP contribution in [-0.4, -0.2) is 31.6 Å². The number of hydrogen-bond donors (Lipinski definition) is 1. The van der Waals surface area contributed by atoms with Gasteiger partial charge in [0.2, 0.25) is 0 Å². The summed E-state index contributed by atoms with van der Waals surface area (Å²) in [5.74, 6) is 0.235. The molecule has 21 heavy (non-hydrogen) atoms. The van der Waals surface area contributed by atoms with E-state index in [-0.39, 0.29) is 5.75 Å². The van der Waals surface area contributed by atoms with Gasteiger partial charge < -0.3 is 5.11 Å². The fraction of sp³-hybridized carbons (Fsp3) is 0.308. The highest BCUT2D eigenvalue weighted by molar-refractivity contribution is 7.99. The summed E-state index contributed by atoms with van der Waals surface area (Å²) >= 11 is 13.2. The smallest absolute Gasteiger partial charge is 0.313 e. The highest BCUT2D eigenvalue weighted by Crippen LogP contribution is 2.41. The highest BCUT2D eigenvalue weighted by Gasteiger charge is 2.31. The van der Waals surface area contributed by atoms with E-state index in [2.05, 4.69) is 10.2 Å². The summed E-state index contributed by atoms with van der Waals surface area (Å²) in [6, 6.07) is 5.19. The Morgan fingerprint density at radius 1 is 1.29 bits per heavy atom. The maximum Gasteiger partial charge on any atom is 0.313 e. The van der Waals surface area contributed by atoms with Crippen molar-refractivity contribution in [3.8, 4) is 5.69 Å². The van der Waals surface area contributed by atoms with Crippen LogP contribution in [0, 0.1) is 0 Å². The first-order chi connectivity index (χ1) is 10.0. The number of benzene rings is 1. The number of hydrogen-bond acceptors (Lipinski definition) is 4. The van der Waals surface area contributed by atoms with E-state index in [4.69, 9.17) is 28.3 Å². The quantitative estimate of drug-likeness (QED) is 0.839. The van der Waals surface area contributed by atoms with Crippen LogP contribution in [0.15, 0.2) is 23.4 Å². The van der Waals surface area contributed by atoms with Crippen molar-refractivity contribution in [2.75, 3.05) is 5.75 Å². The SMILES string of the molecule is O=C(O)CSc1nnc(C2CC2)n1-c1cc(Cl)cc(Cl)c1. The lowest BCUT2D eigenvalue weighted by molar-refractivity contribution is -0.133. The second kappa shape index (κ2) is 5.87. The average Bonchev–Trinajstić information content (AvgIpc) is 3.15. The zero-order valence-electron chi connectivity index (χ0n) is 10.8. The van der Waals surface area contributed by atoms with Crippen LogP contribution in [0.3, 0.4) is 0 Å². The van der Waals surface area contributed by atoms with Crippen molar-refractivity contribution in [1.82, 2.24) is 14.8 Å². The van der Waals surface area contributed by atoms with Crippen molar-refractivity contribution in [2.45, 2.75) is 23.9 Å². The van der Waals surface area contributed by atoms with E-state index >= 15 is 0 Å². The van der Waals surface area contributed by atoms with Crippen molar-refractivity contribution >= 4 is 40.9 Å². The summed E-state index contributed by atoms with van der Waals surface area (Å²) in [4.78, 5) is 10.8. The van der Waals surface area contributed by atoms with Crippen LogP contribution in [0.2, 0.25) is 10.0 Å². The minimum Gasteiger partial charge on any atom is -0.481 e. The van der Waals surface area contributed by atoms with Crippen LogP contribution in [-0.2, 0) is 4.79 Å². The molecule has 0 bridgehead atoms. The summed E-state index contributed by atoms with van der Waals surface area (Å²) in [6.45, 7) is 0. The molecule has 0 amide bonds. The largest absolute Gasteiger partial charge is 0.481 e. The normalized spacial score (nSPS) is 14.4. The van der Waals surface area contributed by atoms with Gasteiger partial charge in [0.1, 0.15) is 5.82 Å². The zero-order valence-corrected chi connectivity index (χ0v) is 13.1. The summed E-state index contributed by atoms with van der Waals surface area (Å²) < 4.78 is 1.85. The predicted octanol–water partition coefficient (Wildman–Crippen LogP) is 3.63. The van der Waals surface area contributed by atoms with Crippen LogP contribution in [0.4, 0.5) is 0 Å². The van der Waals surface area contributed by atoms with E-state index in [1.807, 2.05) is 4.57 Å². The lowest BCUT2D eigenvalue weighted by Crippen LogP contribution is -2.04. The van der Waals surface area contributed by atoms with E-state index in [0.29, 0.717) is 21.1 Å². The Hall–Kier alpha value is -1.24. The van der Waals surface area contributed by atoms with Gasteiger partial charge in [-0.1, -0.05) is 35.0 Å². The molecule has 3 rings (SSSR count). The third-order valence-electron chi connectivity index (χ3n) is 3.03. The van der Waals surface area contributed by atoms with Crippen molar-refractivity contribution in [3.63, 3.8) is 0 Å². The van der Waals surface area contributed by atoms with Crippen molar-refractivity contribution in [3.05, 3.63) is 34.1 Å². The Morgan fingerprint density at radius 3 is 2.52 bits per heavy atom. The molecule has 2 aromatic rings. The molecule has 0 unspecified atom stereocenters. The molecule has 0 aliphatic heterocycles. The van der Waals surface area contributed by atoms with Gasteiger partial charge in [0.05, 0.1) is 11.4 Å². The maximum absolute atomic E-state index is 10.8. The van der Waals surface area contributed by atoms with Crippen molar-refractivity contribution in [2.24, 2.45) is 0 Å². The number of halogens is 2. The van der Waals surface area contributed by atoms with E-state index in [1.165, 1.54) is 0 Å². The first-order valence-electron chi connectivity index (χ1n) is 6.31. The van der Waals surface area contributed by atoms with Crippen LogP contribution in [0.5, 0.6) is 0 Å². The summed E-state index contributed by atoms with van der Waals surface area (Å²) in [7, 11) is 0. The number of rotatable bonds is 5. The molecule has 0 atom stereocenters. The molecule has 1 fully saturated rings. The highest BCUT2D eigenvalue weighted by atomic mass is 35.5. The predicted molar refractivity (Wildman–Crippen MR) is 81.7 cm³/mol. The molecule has 5 nitrogen and oxygen atoms in total. The van der Waals surface area contributed by atoms with Gasteiger partial charge in [-0.25, -0.2) is 0 Å². The fourth-order valence-electron chi connectivity index (χ4n) is 2.02. The van der Waals surface area contributed by atoms with E-state index < -0.39 is 5.97 Å². The molecule has 8 heteroatoms. The number of carboxylic acids is 1. The standard InChI is InChI=1S/C13H11Cl2N3O2S/c14-8-3-9(15)5-10(4-8)18-12(7-1-2-7)16-17-13(18)21-6-11(19)20/h3-5,7H,1-2,6H2,(H,19,20). The molecular formula is C13H11Cl2N3O2S. The van der Waals surface area contributed by atoms with Gasteiger partial charge >= 0.3 is 5.97 Å². The number of aromatic nitrogens is 3. The van der Waals surface area contributed by atoms with Gasteiger partial charge in [-0.15, -0.1) is 10.2 Å². The lowest BCUT2D eigenvalue weighted by Gasteiger charge is -2.10. The third-order valence-corrected chi connectivity index (χ3v) is 4.38. The molecule has 1 saturated carbocycles. The second-order valence-electron chi connectivity index (χ2n) is 4.76. The summed E-state index contributed by atoms with van der Waals surface area (Å²) in [6.07, 6.45) is 2.13. The summed E-state index contributed by atoms with van der Waals surface area (Å²) in [5, 5.41) is 18.7. The number of nitrogens with zero attached hydrogens (tertiary/aromatic N) is 3. The third kappa shape index (κ3) is 3.33. The molecular weight excluding hydrogens is 333 g/mol. The zero-order chi connectivity index (χ0) is 15.0. The maximum atomic E-state index is 10.8. The van der Waals surface area contributed by atoms with Gasteiger partial charge in [0, 0.05) is 16.0 Å². The Labute approximate surface area is 135 Å². The Bertz CT molecular complexity index is 680. The minimum atomic E-state index is -0.897. The Kier molecular flexibility index (Phi) is 4.10. The molecule has 0 radical (unpaired) electrons. The molecule has 1 aromatic heterocycles. The van der Waals surface area contributed by atoms with E-state index in [1.54, 1.807) is 18.2 Å². The van der Waals surface area contributed by atoms with Crippen molar-refractivity contribution < 1.29 is 9.90 Å².